The molecule has 1 atom stereocenters. The van der Waals surface area contributed by atoms with E-state index in [4.69, 9.17) is 14.2 Å². The topological polar surface area (TPSA) is 78.9 Å². The van der Waals surface area contributed by atoms with E-state index in [1.807, 2.05) is 12.2 Å². The molecule has 0 fully saturated rings. The Morgan fingerprint density at radius 3 is 0.753 bits per heavy atom. The number of rotatable bonds is 53. The highest BCUT2D eigenvalue weighted by Gasteiger charge is 2.19. The lowest BCUT2D eigenvalue weighted by molar-refractivity contribution is -0.166. The summed E-state index contributed by atoms with van der Waals surface area (Å²) in [6.07, 6.45) is 104. The maximum Gasteiger partial charge on any atom is 0.306 e. The van der Waals surface area contributed by atoms with E-state index in [9.17, 15) is 14.4 Å². The van der Waals surface area contributed by atoms with Gasteiger partial charge in [0.15, 0.2) is 6.10 Å². The molecule has 0 spiro atoms. The van der Waals surface area contributed by atoms with Gasteiger partial charge in [-0.1, -0.05) is 252 Å². The molecule has 0 saturated carbocycles. The Morgan fingerprint density at radius 1 is 0.247 bits per heavy atom. The zero-order chi connectivity index (χ0) is 58.5. The number of ether oxygens (including phenoxy) is 3. The van der Waals surface area contributed by atoms with Crippen LogP contribution in [0.2, 0.25) is 0 Å². The monoisotopic (exact) mass is 1110 g/mol. The van der Waals surface area contributed by atoms with E-state index in [0.29, 0.717) is 19.3 Å². The molecule has 0 aromatic rings. The molecule has 0 N–H and O–H groups in total. The summed E-state index contributed by atoms with van der Waals surface area (Å²) in [5.74, 6) is -1.11. The highest BCUT2D eigenvalue weighted by Crippen LogP contribution is 2.11. The first-order valence-electron chi connectivity index (χ1n) is 31.2. The number of esters is 3. The van der Waals surface area contributed by atoms with Crippen molar-refractivity contribution >= 4 is 17.9 Å². The van der Waals surface area contributed by atoms with Gasteiger partial charge in [-0.05, 0) is 161 Å². The molecule has 0 bridgehead atoms. The normalized spacial score (nSPS) is 13.7. The van der Waals surface area contributed by atoms with Gasteiger partial charge in [0.1, 0.15) is 13.2 Å². The molecule has 6 heteroatoms. The van der Waals surface area contributed by atoms with Crippen LogP contribution in [-0.4, -0.2) is 37.2 Å². The van der Waals surface area contributed by atoms with Gasteiger partial charge in [0.25, 0.3) is 0 Å². The highest BCUT2D eigenvalue weighted by molar-refractivity contribution is 5.71. The Morgan fingerprint density at radius 2 is 0.469 bits per heavy atom. The van der Waals surface area contributed by atoms with Gasteiger partial charge >= 0.3 is 17.9 Å². The van der Waals surface area contributed by atoms with E-state index >= 15 is 0 Å². The van der Waals surface area contributed by atoms with E-state index < -0.39 is 12.1 Å². The maximum atomic E-state index is 12.9. The average Bonchev–Trinajstić information content (AvgIpc) is 3.47. The van der Waals surface area contributed by atoms with Crippen LogP contribution in [-0.2, 0) is 28.6 Å². The van der Waals surface area contributed by atoms with Crippen LogP contribution < -0.4 is 0 Å². The van der Waals surface area contributed by atoms with E-state index in [1.165, 1.54) is 0 Å². The molecule has 0 aliphatic rings. The minimum absolute atomic E-state index is 0.149. The summed E-state index contributed by atoms with van der Waals surface area (Å²) in [6, 6.07) is 0. The largest absolute Gasteiger partial charge is 0.462 e. The van der Waals surface area contributed by atoms with Crippen LogP contribution in [0.4, 0.5) is 0 Å². The number of allylic oxidation sites excluding steroid dienone is 36. The van der Waals surface area contributed by atoms with E-state index in [-0.39, 0.29) is 38.0 Å². The molecule has 0 radical (unpaired) electrons. The molecule has 0 rings (SSSR count). The van der Waals surface area contributed by atoms with Crippen molar-refractivity contribution in [1.29, 1.82) is 0 Å². The third kappa shape index (κ3) is 64.4. The summed E-state index contributed by atoms with van der Waals surface area (Å²) < 4.78 is 16.8. The predicted octanol–water partition coefficient (Wildman–Crippen LogP) is 21.8. The van der Waals surface area contributed by atoms with Crippen LogP contribution in [0.25, 0.3) is 0 Å². The van der Waals surface area contributed by atoms with Crippen molar-refractivity contribution in [2.75, 3.05) is 13.2 Å². The fourth-order valence-corrected chi connectivity index (χ4v) is 7.41. The van der Waals surface area contributed by atoms with Gasteiger partial charge in [-0.25, -0.2) is 0 Å². The molecule has 81 heavy (non-hydrogen) atoms. The predicted molar refractivity (Wildman–Crippen MR) is 352 cm³/mol. The number of carbonyl (C=O) groups is 3. The van der Waals surface area contributed by atoms with E-state index in [1.54, 1.807) is 0 Å². The third-order valence-electron chi connectivity index (χ3n) is 12.0. The SMILES string of the molecule is CC/C=C\C/C=C\C/C=C\C/C=C\C/C=C\C/C=C\C/C=C\C/C=C\CCCCCCC(=O)OCC(COC(=O)CCCC/C=C\C/C=C\C/C=C\C/C=C\CC)OC(=O)CC/C=C\C/C=C\C/C=C\C/C=C\C/C=C\C/C=C\CC. The van der Waals surface area contributed by atoms with Gasteiger partial charge in [0.2, 0.25) is 0 Å². The van der Waals surface area contributed by atoms with Crippen molar-refractivity contribution in [1.82, 2.24) is 0 Å². The second-order valence-corrected chi connectivity index (χ2v) is 19.5. The number of hydrogen-bond donors (Lipinski definition) is 0. The standard InChI is InChI=1S/C75H110O6/c1-4-7-10-13-16-19-22-25-28-30-32-33-34-35-36-37-38-39-40-41-43-44-47-50-53-56-59-62-65-68-74(77)80-71-72(70-79-73(76)67-64-61-58-55-52-49-46-27-24-21-18-15-12-9-6-3)81-75(78)69-66-63-60-57-54-51-48-45-42-31-29-26-23-20-17-14-11-8-5-2/h7-12,16-21,25-29,32-33,35-36,38-39,41-43,45-47,50-52,54-55,60,63,72H,4-6,13-15,22-24,30-31,34,37,40,44,48-49,53,56-59,61-62,64-71H2,1-3H3/b10-7-,11-8-,12-9-,19-16-,20-17-,21-18-,28-25-,29-26-,33-32-,36-35-,39-38-,43-41-,45-42-,46-27-,50-47-,54-51-,55-52-,63-60-. The first-order chi connectivity index (χ1) is 40.0. The Bertz CT molecular complexity index is 2050. The van der Waals surface area contributed by atoms with Gasteiger partial charge in [0, 0.05) is 19.3 Å². The summed E-state index contributed by atoms with van der Waals surface area (Å²) in [4.78, 5) is 38.2. The number of carbonyl (C=O) groups excluding carboxylic acids is 3. The molecule has 0 aliphatic heterocycles. The molecule has 0 aromatic heterocycles. The molecular formula is C75H110O6. The minimum Gasteiger partial charge on any atom is -0.462 e. The van der Waals surface area contributed by atoms with Crippen LogP contribution in [0.3, 0.4) is 0 Å². The van der Waals surface area contributed by atoms with Crippen molar-refractivity contribution in [3.63, 3.8) is 0 Å². The second-order valence-electron chi connectivity index (χ2n) is 19.5. The fourth-order valence-electron chi connectivity index (χ4n) is 7.41. The van der Waals surface area contributed by atoms with E-state index in [0.717, 1.165) is 161 Å². The minimum atomic E-state index is -0.863. The molecule has 0 amide bonds. The van der Waals surface area contributed by atoms with Gasteiger partial charge in [-0.2, -0.15) is 0 Å². The zero-order valence-electron chi connectivity index (χ0n) is 50.9. The highest BCUT2D eigenvalue weighted by atomic mass is 16.6. The van der Waals surface area contributed by atoms with Crippen LogP contribution >= 0.6 is 0 Å². The molecule has 0 aromatic carbocycles. The summed E-state index contributed by atoms with van der Waals surface area (Å²) in [5.41, 5.74) is 0. The lowest BCUT2D eigenvalue weighted by Crippen LogP contribution is -2.30. The van der Waals surface area contributed by atoms with Crippen molar-refractivity contribution in [3.8, 4) is 0 Å². The molecule has 1 unspecified atom stereocenters. The Balaban J connectivity index is 4.59. The van der Waals surface area contributed by atoms with Crippen LogP contribution in [0, 0.1) is 0 Å². The van der Waals surface area contributed by atoms with Crippen molar-refractivity contribution < 1.29 is 28.6 Å². The fraction of sp³-hybridized carbons (Fsp3) is 0.480. The summed E-state index contributed by atoms with van der Waals surface area (Å²) in [7, 11) is 0. The molecule has 446 valence electrons. The van der Waals surface area contributed by atoms with Gasteiger partial charge < -0.3 is 14.2 Å². The number of unbranched alkanes of at least 4 members (excludes halogenated alkanes) is 6. The second kappa shape index (κ2) is 66.2. The Labute approximate surface area is 495 Å². The van der Waals surface area contributed by atoms with E-state index in [2.05, 4.69) is 227 Å². The van der Waals surface area contributed by atoms with Crippen molar-refractivity contribution in [3.05, 3.63) is 219 Å². The molecular weight excluding hydrogens is 997 g/mol. The average molecular weight is 1110 g/mol. The Kier molecular flexibility index (Phi) is 61.1. The lowest BCUT2D eigenvalue weighted by Gasteiger charge is -2.18. The Hall–Kier alpha value is -6.27. The molecule has 0 aliphatic carbocycles. The summed E-state index contributed by atoms with van der Waals surface area (Å²) in [5, 5.41) is 0. The number of hydrogen-bond acceptors (Lipinski definition) is 6. The molecule has 0 saturated heterocycles. The van der Waals surface area contributed by atoms with Gasteiger partial charge in [0.05, 0.1) is 0 Å². The summed E-state index contributed by atoms with van der Waals surface area (Å²) in [6.45, 7) is 6.15. The smallest absolute Gasteiger partial charge is 0.306 e. The molecule has 6 nitrogen and oxygen atoms in total. The van der Waals surface area contributed by atoms with Crippen LogP contribution in [0.15, 0.2) is 219 Å². The first-order valence-corrected chi connectivity index (χ1v) is 31.2. The van der Waals surface area contributed by atoms with Gasteiger partial charge in [-0.15, -0.1) is 0 Å². The van der Waals surface area contributed by atoms with Crippen LogP contribution in [0.1, 0.15) is 213 Å². The van der Waals surface area contributed by atoms with Crippen LogP contribution in [0.5, 0.6) is 0 Å². The zero-order valence-corrected chi connectivity index (χ0v) is 50.9. The summed E-state index contributed by atoms with van der Waals surface area (Å²) >= 11 is 0. The third-order valence-corrected chi connectivity index (χ3v) is 12.0. The lowest BCUT2D eigenvalue weighted by atomic mass is 10.1. The van der Waals surface area contributed by atoms with Crippen molar-refractivity contribution in [2.24, 2.45) is 0 Å². The van der Waals surface area contributed by atoms with Gasteiger partial charge in [-0.3, -0.25) is 14.4 Å². The quantitative estimate of drug-likeness (QED) is 0.0261. The first kappa shape index (κ1) is 74.7. The molecule has 0 heterocycles. The van der Waals surface area contributed by atoms with Crippen molar-refractivity contribution in [2.45, 2.75) is 219 Å². The maximum absolute atomic E-state index is 12.9.